The Morgan fingerprint density at radius 1 is 1.00 bits per heavy atom. The maximum Gasteiger partial charge on any atom is 0.356 e. The van der Waals surface area contributed by atoms with E-state index in [1.165, 1.54) is 0 Å². The van der Waals surface area contributed by atoms with Crippen LogP contribution in [0.2, 0.25) is 0 Å². The molecular weight excluding hydrogens is 298 g/mol. The molecule has 3 heteroatoms. The van der Waals surface area contributed by atoms with Crippen LogP contribution in [0.5, 0.6) is 0 Å². The first-order valence-corrected chi connectivity index (χ1v) is 8.06. The maximum atomic E-state index is 12.4. The molecule has 122 valence electrons. The predicted octanol–water partition coefficient (Wildman–Crippen LogP) is 5.10. The number of hydrogen-bond donors (Lipinski definition) is 0. The zero-order chi connectivity index (χ0) is 17.2. The van der Waals surface area contributed by atoms with Gasteiger partial charge in [0.05, 0.1) is 12.3 Å². The highest BCUT2D eigenvalue weighted by molar-refractivity contribution is 5.99. The molecule has 0 spiro atoms. The molecule has 3 rings (SSSR count). The average Bonchev–Trinajstić information content (AvgIpc) is 2.59. The number of benzene rings is 2. The smallest absolute Gasteiger partial charge is 0.356 e. The first-order chi connectivity index (χ1) is 11.4. The van der Waals surface area contributed by atoms with Crippen LogP contribution in [0.3, 0.4) is 0 Å². The van der Waals surface area contributed by atoms with Crippen molar-refractivity contribution in [1.29, 1.82) is 0 Å². The van der Waals surface area contributed by atoms with Crippen LogP contribution in [-0.4, -0.2) is 17.6 Å². The fourth-order valence-corrected chi connectivity index (χ4v) is 2.48. The Morgan fingerprint density at radius 3 is 2.38 bits per heavy atom. The summed E-state index contributed by atoms with van der Waals surface area (Å²) >= 11 is 0. The van der Waals surface area contributed by atoms with E-state index in [2.05, 4.69) is 4.98 Å². The number of fused-ring (bicyclic) bond motifs is 1. The minimum absolute atomic E-state index is 0.0746. The van der Waals surface area contributed by atoms with E-state index in [0.29, 0.717) is 12.3 Å². The van der Waals surface area contributed by atoms with Crippen LogP contribution in [0.15, 0.2) is 60.7 Å². The summed E-state index contributed by atoms with van der Waals surface area (Å²) in [5, 5.41) is 2.00. The zero-order valence-electron chi connectivity index (χ0n) is 14.2. The molecule has 0 unspecified atom stereocenters. The summed E-state index contributed by atoms with van der Waals surface area (Å²) in [5.41, 5.74) is 2.06. The van der Waals surface area contributed by atoms with Gasteiger partial charge in [-0.2, -0.15) is 0 Å². The number of esters is 1. The SMILES string of the molecule is CC(C)(C)COC(=O)c1cc2ccccc2c(-c2ccccc2)n1. The van der Waals surface area contributed by atoms with Crippen molar-refractivity contribution in [2.24, 2.45) is 5.41 Å². The van der Waals surface area contributed by atoms with E-state index in [1.807, 2.05) is 75.4 Å². The van der Waals surface area contributed by atoms with E-state index in [9.17, 15) is 4.79 Å². The number of hydrogen-bond acceptors (Lipinski definition) is 3. The predicted molar refractivity (Wildman–Crippen MR) is 96.9 cm³/mol. The molecule has 0 aliphatic heterocycles. The molecule has 3 aromatic rings. The number of pyridine rings is 1. The Balaban J connectivity index is 2.06. The second-order valence-electron chi connectivity index (χ2n) is 7.08. The monoisotopic (exact) mass is 319 g/mol. The van der Waals surface area contributed by atoms with Gasteiger partial charge in [0.1, 0.15) is 5.69 Å². The highest BCUT2D eigenvalue weighted by Crippen LogP contribution is 2.28. The third-order valence-electron chi connectivity index (χ3n) is 3.63. The fraction of sp³-hybridized carbons (Fsp3) is 0.238. The fourth-order valence-electron chi connectivity index (χ4n) is 2.48. The van der Waals surface area contributed by atoms with Crippen molar-refractivity contribution < 1.29 is 9.53 Å². The van der Waals surface area contributed by atoms with Crippen LogP contribution in [0.4, 0.5) is 0 Å². The van der Waals surface area contributed by atoms with Gasteiger partial charge < -0.3 is 4.74 Å². The van der Waals surface area contributed by atoms with Gasteiger partial charge in [0.25, 0.3) is 0 Å². The lowest BCUT2D eigenvalue weighted by Crippen LogP contribution is -2.19. The molecule has 1 aromatic heterocycles. The maximum absolute atomic E-state index is 12.4. The van der Waals surface area contributed by atoms with Gasteiger partial charge in [-0.05, 0) is 16.9 Å². The van der Waals surface area contributed by atoms with Gasteiger partial charge in [-0.25, -0.2) is 9.78 Å². The number of carbonyl (C=O) groups is 1. The van der Waals surface area contributed by atoms with Gasteiger partial charge in [0.15, 0.2) is 0 Å². The van der Waals surface area contributed by atoms with Gasteiger partial charge in [-0.1, -0.05) is 75.4 Å². The second kappa shape index (κ2) is 6.44. The van der Waals surface area contributed by atoms with Crippen LogP contribution in [-0.2, 0) is 4.74 Å². The standard InChI is InChI=1S/C21H21NO2/c1-21(2,3)14-24-20(23)18-13-16-11-7-8-12-17(16)19(22-18)15-9-5-4-6-10-15/h4-13H,14H2,1-3H3. The molecule has 0 saturated heterocycles. The van der Waals surface area contributed by atoms with Crippen LogP contribution in [0, 0.1) is 5.41 Å². The first kappa shape index (κ1) is 16.2. The summed E-state index contributed by atoms with van der Waals surface area (Å²) in [7, 11) is 0. The second-order valence-corrected chi connectivity index (χ2v) is 7.08. The van der Waals surface area contributed by atoms with Crippen molar-refractivity contribution in [2.45, 2.75) is 20.8 Å². The van der Waals surface area contributed by atoms with Crippen molar-refractivity contribution in [3.63, 3.8) is 0 Å². The molecule has 1 heterocycles. The topological polar surface area (TPSA) is 39.2 Å². The van der Waals surface area contributed by atoms with Crippen LogP contribution >= 0.6 is 0 Å². The summed E-state index contributed by atoms with van der Waals surface area (Å²) < 4.78 is 5.43. The van der Waals surface area contributed by atoms with Gasteiger partial charge in [-0.15, -0.1) is 0 Å². The molecule has 0 amide bonds. The highest BCUT2D eigenvalue weighted by Gasteiger charge is 2.18. The van der Waals surface area contributed by atoms with Gasteiger partial charge in [-0.3, -0.25) is 0 Å². The van der Waals surface area contributed by atoms with E-state index in [4.69, 9.17) is 4.74 Å². The number of nitrogens with zero attached hydrogens (tertiary/aromatic N) is 1. The van der Waals surface area contributed by atoms with Crippen LogP contribution in [0.1, 0.15) is 31.3 Å². The normalized spacial score (nSPS) is 11.5. The van der Waals surface area contributed by atoms with Crippen LogP contribution in [0.25, 0.3) is 22.0 Å². The molecule has 0 aliphatic rings. The third-order valence-corrected chi connectivity index (χ3v) is 3.63. The Kier molecular flexibility index (Phi) is 4.34. The minimum atomic E-state index is -0.382. The van der Waals surface area contributed by atoms with E-state index in [1.54, 1.807) is 6.07 Å². The zero-order valence-corrected chi connectivity index (χ0v) is 14.2. The lowest BCUT2D eigenvalue weighted by Gasteiger charge is -2.18. The van der Waals surface area contributed by atoms with Crippen molar-refractivity contribution in [3.05, 3.63) is 66.4 Å². The van der Waals surface area contributed by atoms with Crippen LogP contribution < -0.4 is 0 Å². The molecule has 0 aliphatic carbocycles. The van der Waals surface area contributed by atoms with Gasteiger partial charge >= 0.3 is 5.97 Å². The van der Waals surface area contributed by atoms with Crippen molar-refractivity contribution in [3.8, 4) is 11.3 Å². The van der Waals surface area contributed by atoms with Crippen molar-refractivity contribution >= 4 is 16.7 Å². The quantitative estimate of drug-likeness (QED) is 0.630. The summed E-state index contributed by atoms with van der Waals surface area (Å²) in [4.78, 5) is 17.0. The lowest BCUT2D eigenvalue weighted by atomic mass is 9.99. The number of ether oxygens (including phenoxy) is 1. The van der Waals surface area contributed by atoms with E-state index < -0.39 is 0 Å². The Labute approximate surface area is 142 Å². The summed E-state index contributed by atoms with van der Waals surface area (Å²) in [6.07, 6.45) is 0. The summed E-state index contributed by atoms with van der Waals surface area (Å²) in [6.45, 7) is 6.46. The lowest BCUT2D eigenvalue weighted by molar-refractivity contribution is 0.0360. The molecule has 0 bridgehead atoms. The number of aromatic nitrogens is 1. The van der Waals surface area contributed by atoms with Gasteiger partial charge in [0.2, 0.25) is 0 Å². The Morgan fingerprint density at radius 2 is 1.67 bits per heavy atom. The largest absolute Gasteiger partial charge is 0.460 e. The highest BCUT2D eigenvalue weighted by atomic mass is 16.5. The summed E-state index contributed by atoms with van der Waals surface area (Å²) in [6, 6.07) is 19.7. The number of carbonyl (C=O) groups excluding carboxylic acids is 1. The molecule has 0 fully saturated rings. The van der Waals surface area contributed by atoms with Crippen molar-refractivity contribution in [2.75, 3.05) is 6.61 Å². The molecule has 2 aromatic carbocycles. The molecule has 0 atom stereocenters. The van der Waals surface area contributed by atoms with Crippen molar-refractivity contribution in [1.82, 2.24) is 4.98 Å². The Bertz CT molecular complexity index is 864. The minimum Gasteiger partial charge on any atom is -0.460 e. The molecule has 0 radical (unpaired) electrons. The molecule has 0 N–H and O–H groups in total. The third kappa shape index (κ3) is 3.62. The molecule has 0 saturated carbocycles. The number of rotatable bonds is 3. The summed E-state index contributed by atoms with van der Waals surface area (Å²) in [5.74, 6) is -0.382. The van der Waals surface area contributed by atoms with E-state index in [0.717, 1.165) is 22.0 Å². The van der Waals surface area contributed by atoms with E-state index in [-0.39, 0.29) is 11.4 Å². The average molecular weight is 319 g/mol. The van der Waals surface area contributed by atoms with E-state index >= 15 is 0 Å². The van der Waals surface area contributed by atoms with Gasteiger partial charge in [0, 0.05) is 10.9 Å². The molecule has 24 heavy (non-hydrogen) atoms. The Hall–Kier alpha value is -2.68. The first-order valence-electron chi connectivity index (χ1n) is 8.06. The molecular formula is C21H21NO2. The molecule has 3 nitrogen and oxygen atoms in total.